The Morgan fingerprint density at radius 2 is 2.15 bits per heavy atom. The number of ether oxygens (including phenoxy) is 3. The number of nitrogens with zero attached hydrogens (tertiary/aromatic N) is 4. The van der Waals surface area contributed by atoms with Crippen LogP contribution in [0, 0.1) is 0 Å². The number of aliphatic hydroxyl groups is 2. The molecular weight excluding hydrogens is 354 g/mol. The summed E-state index contributed by atoms with van der Waals surface area (Å²) in [5, 5.41) is 28.0. The summed E-state index contributed by atoms with van der Waals surface area (Å²) in [7, 11) is 0. The van der Waals surface area contributed by atoms with E-state index in [-0.39, 0.29) is 29.5 Å². The van der Waals surface area contributed by atoms with Crippen molar-refractivity contribution >= 4 is 29.1 Å². The van der Waals surface area contributed by atoms with Crippen molar-refractivity contribution < 1.29 is 34.3 Å². The third-order valence-electron chi connectivity index (χ3n) is 3.77. The number of fused-ring (bicyclic) bond motifs is 1. The van der Waals surface area contributed by atoms with Crippen LogP contribution in [0.15, 0.2) is 6.33 Å². The Morgan fingerprint density at radius 3 is 2.85 bits per heavy atom. The molecule has 9 N–H and O–H groups in total. The monoisotopic (exact) mass is 371 g/mol. The quantitative estimate of drug-likeness (QED) is 0.237. The molecule has 14 nitrogen and oxygen atoms in total. The summed E-state index contributed by atoms with van der Waals surface area (Å²) in [4.78, 5) is 22.2. The van der Waals surface area contributed by atoms with E-state index in [9.17, 15) is 15.0 Å². The number of imidazole rings is 1. The number of aromatic nitrogens is 4. The SMILES string of the molecule is Nc1nc(N)c2ncn(C3OC(COC(O)OC(=O)O)C(N)C3O)c2n1. The lowest BCUT2D eigenvalue weighted by molar-refractivity contribution is -0.249. The maximum atomic E-state index is 10.4. The highest BCUT2D eigenvalue weighted by molar-refractivity contribution is 5.82. The Morgan fingerprint density at radius 1 is 1.42 bits per heavy atom. The van der Waals surface area contributed by atoms with Crippen LogP contribution in [0.3, 0.4) is 0 Å². The van der Waals surface area contributed by atoms with E-state index >= 15 is 0 Å². The highest BCUT2D eigenvalue weighted by Gasteiger charge is 2.43. The molecule has 2 aromatic rings. The molecule has 0 aliphatic carbocycles. The van der Waals surface area contributed by atoms with Gasteiger partial charge >= 0.3 is 12.6 Å². The molecule has 0 spiro atoms. The molecule has 0 amide bonds. The zero-order valence-corrected chi connectivity index (χ0v) is 13.2. The Labute approximate surface area is 145 Å². The van der Waals surface area contributed by atoms with E-state index in [1.54, 1.807) is 0 Å². The maximum absolute atomic E-state index is 10.4. The van der Waals surface area contributed by atoms with Gasteiger partial charge in [0.1, 0.15) is 17.7 Å². The van der Waals surface area contributed by atoms with Crippen LogP contribution in [0.5, 0.6) is 0 Å². The van der Waals surface area contributed by atoms with Crippen molar-refractivity contribution in [2.24, 2.45) is 5.73 Å². The van der Waals surface area contributed by atoms with Gasteiger partial charge in [-0.1, -0.05) is 0 Å². The second-order valence-electron chi connectivity index (χ2n) is 5.45. The predicted octanol–water partition coefficient (Wildman–Crippen LogP) is -2.44. The second kappa shape index (κ2) is 6.85. The maximum Gasteiger partial charge on any atom is 0.509 e. The van der Waals surface area contributed by atoms with Gasteiger partial charge in [-0.05, 0) is 0 Å². The molecule has 1 fully saturated rings. The van der Waals surface area contributed by atoms with E-state index < -0.39 is 37.1 Å². The third-order valence-corrected chi connectivity index (χ3v) is 3.77. The zero-order chi connectivity index (χ0) is 19.0. The van der Waals surface area contributed by atoms with E-state index in [1.807, 2.05) is 0 Å². The van der Waals surface area contributed by atoms with Crippen molar-refractivity contribution in [1.82, 2.24) is 19.5 Å². The highest BCUT2D eigenvalue weighted by atomic mass is 16.8. The van der Waals surface area contributed by atoms with Crippen molar-refractivity contribution in [3.05, 3.63) is 6.33 Å². The summed E-state index contributed by atoms with van der Waals surface area (Å²) in [6.45, 7) is -2.35. The lowest BCUT2D eigenvalue weighted by atomic mass is 10.1. The van der Waals surface area contributed by atoms with Crippen LogP contribution < -0.4 is 17.2 Å². The second-order valence-corrected chi connectivity index (χ2v) is 5.45. The van der Waals surface area contributed by atoms with E-state index in [4.69, 9.17) is 31.8 Å². The fraction of sp³-hybridized carbons (Fsp3) is 0.500. The van der Waals surface area contributed by atoms with Crippen molar-refractivity contribution in [3.8, 4) is 0 Å². The molecule has 2 aromatic heterocycles. The summed E-state index contributed by atoms with van der Waals surface area (Å²) in [5.74, 6) is -0.0146. The van der Waals surface area contributed by atoms with Gasteiger partial charge in [0.15, 0.2) is 17.7 Å². The molecule has 1 aliphatic rings. The minimum atomic E-state index is -2.01. The molecule has 1 saturated heterocycles. The molecule has 5 atom stereocenters. The van der Waals surface area contributed by atoms with Crippen LogP contribution in [0.4, 0.5) is 16.6 Å². The minimum absolute atomic E-state index is 0.0665. The normalized spacial score (nSPS) is 26.9. The first kappa shape index (κ1) is 18.0. The number of anilines is 2. The number of nitrogen functional groups attached to an aromatic ring is 2. The van der Waals surface area contributed by atoms with Crippen molar-refractivity contribution in [3.63, 3.8) is 0 Å². The first-order chi connectivity index (χ1) is 12.3. The molecule has 3 rings (SSSR count). The highest BCUT2D eigenvalue weighted by Crippen LogP contribution is 2.31. The van der Waals surface area contributed by atoms with Gasteiger partial charge in [-0.3, -0.25) is 4.57 Å². The van der Waals surface area contributed by atoms with Crippen LogP contribution in [-0.2, 0) is 14.2 Å². The van der Waals surface area contributed by atoms with Gasteiger partial charge in [0, 0.05) is 0 Å². The summed E-state index contributed by atoms with van der Waals surface area (Å²) < 4.78 is 15.8. The van der Waals surface area contributed by atoms with Crippen LogP contribution in [-0.4, -0.2) is 72.3 Å². The molecule has 3 heterocycles. The van der Waals surface area contributed by atoms with Gasteiger partial charge in [0.25, 0.3) is 0 Å². The van der Waals surface area contributed by atoms with E-state index in [0.29, 0.717) is 0 Å². The molecule has 0 aromatic carbocycles. The predicted molar refractivity (Wildman–Crippen MR) is 83.1 cm³/mol. The Bertz CT molecular complexity index is 815. The third kappa shape index (κ3) is 3.31. The molecule has 0 bridgehead atoms. The van der Waals surface area contributed by atoms with E-state index in [2.05, 4.69) is 19.7 Å². The van der Waals surface area contributed by atoms with Gasteiger partial charge < -0.3 is 46.7 Å². The fourth-order valence-electron chi connectivity index (χ4n) is 2.58. The first-order valence-electron chi connectivity index (χ1n) is 7.31. The Hall–Kier alpha value is -2.78. The minimum Gasteiger partial charge on any atom is -0.450 e. The largest absolute Gasteiger partial charge is 0.509 e. The average Bonchev–Trinajstić information content (AvgIpc) is 3.08. The summed E-state index contributed by atoms with van der Waals surface area (Å²) in [6.07, 6.45) is -3.44. The Balaban J connectivity index is 1.77. The lowest BCUT2D eigenvalue weighted by Gasteiger charge is -2.17. The number of carboxylic acid groups (broad SMARTS) is 1. The number of hydrogen-bond acceptors (Lipinski definition) is 12. The molecule has 1 aliphatic heterocycles. The average molecular weight is 371 g/mol. The zero-order valence-electron chi connectivity index (χ0n) is 13.2. The molecule has 142 valence electrons. The summed E-state index contributed by atoms with van der Waals surface area (Å²) in [5.41, 5.74) is 17.7. The van der Waals surface area contributed by atoms with E-state index in [0.717, 1.165) is 0 Å². The van der Waals surface area contributed by atoms with Gasteiger partial charge in [0.05, 0.1) is 19.0 Å². The number of rotatable bonds is 5. The van der Waals surface area contributed by atoms with Crippen molar-refractivity contribution in [2.45, 2.75) is 31.0 Å². The fourth-order valence-corrected chi connectivity index (χ4v) is 2.58. The van der Waals surface area contributed by atoms with Gasteiger partial charge in [-0.2, -0.15) is 9.97 Å². The molecular formula is C12H17N7O7. The summed E-state index contributed by atoms with van der Waals surface area (Å²) >= 11 is 0. The van der Waals surface area contributed by atoms with Gasteiger partial charge in [-0.25, -0.2) is 9.78 Å². The lowest BCUT2D eigenvalue weighted by Crippen LogP contribution is -2.42. The standard InChI is InChI=1S/C12H17N7O7/c13-4-3(1-24-12(23)26-11(21)22)25-9(6(4)20)19-2-16-5-7(14)17-10(15)18-8(5)19/h2-4,6,9,12,20,23H,1,13H2,(H,21,22)(H4,14,15,17,18). The number of aliphatic hydroxyl groups excluding tert-OH is 2. The van der Waals surface area contributed by atoms with Crippen LogP contribution in [0.25, 0.3) is 11.2 Å². The van der Waals surface area contributed by atoms with Gasteiger partial charge in [0.2, 0.25) is 5.95 Å². The Kier molecular flexibility index (Phi) is 4.75. The van der Waals surface area contributed by atoms with Crippen LogP contribution in [0.1, 0.15) is 6.23 Å². The van der Waals surface area contributed by atoms with E-state index in [1.165, 1.54) is 10.9 Å². The number of nitrogens with two attached hydrogens (primary N) is 3. The smallest absolute Gasteiger partial charge is 0.450 e. The molecule has 0 saturated carbocycles. The van der Waals surface area contributed by atoms with Gasteiger partial charge in [-0.15, -0.1) is 0 Å². The number of carbonyl (C=O) groups is 1. The van der Waals surface area contributed by atoms with Crippen LogP contribution >= 0.6 is 0 Å². The topological polar surface area (TPSA) is 227 Å². The van der Waals surface area contributed by atoms with Crippen molar-refractivity contribution in [2.75, 3.05) is 18.1 Å². The number of hydrogen-bond donors (Lipinski definition) is 6. The molecule has 26 heavy (non-hydrogen) atoms. The summed E-state index contributed by atoms with van der Waals surface area (Å²) in [6, 6.07) is -0.911. The van der Waals surface area contributed by atoms with Crippen LogP contribution in [0.2, 0.25) is 0 Å². The molecule has 0 radical (unpaired) electrons. The first-order valence-corrected chi connectivity index (χ1v) is 7.31. The molecule has 14 heteroatoms. The molecule has 5 unspecified atom stereocenters. The van der Waals surface area contributed by atoms with Crippen molar-refractivity contribution in [1.29, 1.82) is 0 Å².